The number of nitrogens with one attached hydrogen (secondary N) is 1. The molecule has 0 saturated carbocycles. The number of aryl methyl sites for hydroxylation is 2. The molecule has 1 aliphatic heterocycles. The average Bonchev–Trinajstić information content (AvgIpc) is 3.92. The molecule has 0 amide bonds. The van der Waals surface area contributed by atoms with Gasteiger partial charge in [0.1, 0.15) is 0 Å². The van der Waals surface area contributed by atoms with E-state index in [0.717, 1.165) is 31.5 Å². The van der Waals surface area contributed by atoms with E-state index in [2.05, 4.69) is 203 Å². The highest BCUT2D eigenvalue weighted by Crippen LogP contribution is 2.51. The molecule has 0 radical (unpaired) electrons. The second-order valence-electron chi connectivity index (χ2n) is 22.0. The van der Waals surface area contributed by atoms with Gasteiger partial charge in [0.15, 0.2) is 7.28 Å². The Kier molecular flexibility index (Phi) is 11.4. The van der Waals surface area contributed by atoms with E-state index in [9.17, 15) is 0 Å². The van der Waals surface area contributed by atoms with Crippen molar-refractivity contribution < 1.29 is 0 Å². The fourth-order valence-electron chi connectivity index (χ4n) is 12.3. The molecule has 348 valence electrons. The molecule has 10 aromatic rings. The molecule has 1 N–H and O–H groups in total. The number of thiophene rings is 1. The molecule has 0 spiro atoms. The van der Waals surface area contributed by atoms with Gasteiger partial charge in [0, 0.05) is 59.1 Å². The average molecular weight is 929 g/mol. The predicted molar refractivity (Wildman–Crippen MR) is 308 cm³/mol. The number of fused-ring (bicyclic) bond motifs is 9. The van der Waals surface area contributed by atoms with Crippen LogP contribution in [0.1, 0.15) is 115 Å². The lowest BCUT2D eigenvalue weighted by atomic mass is 9.58. The van der Waals surface area contributed by atoms with Crippen molar-refractivity contribution in [2.45, 2.75) is 117 Å². The van der Waals surface area contributed by atoms with Crippen molar-refractivity contribution in [1.82, 2.24) is 4.57 Å². The third kappa shape index (κ3) is 7.70. The highest BCUT2D eigenvalue weighted by molar-refractivity contribution is 7.25. The smallest absolute Gasteiger partial charge is 0.198 e. The number of rotatable bonds is 13. The number of anilines is 2. The Bertz CT molecular complexity index is 3620. The first-order chi connectivity index (χ1) is 34.1. The van der Waals surface area contributed by atoms with E-state index >= 15 is 0 Å². The molecule has 8 aromatic carbocycles. The zero-order valence-electron chi connectivity index (χ0n) is 42.1. The topological polar surface area (TPSA) is 17.0 Å². The summed E-state index contributed by atoms with van der Waals surface area (Å²) in [6.45, 7) is 14.5. The van der Waals surface area contributed by atoms with E-state index < -0.39 is 0 Å². The molecule has 0 unspecified atom stereocenters. The summed E-state index contributed by atoms with van der Waals surface area (Å²) in [4.78, 5) is 0. The van der Waals surface area contributed by atoms with Crippen LogP contribution in [-0.2, 0) is 23.7 Å². The first kappa shape index (κ1) is 44.8. The van der Waals surface area contributed by atoms with Crippen LogP contribution >= 0.6 is 11.3 Å². The van der Waals surface area contributed by atoms with Gasteiger partial charge in [0.2, 0.25) is 0 Å². The van der Waals surface area contributed by atoms with Crippen molar-refractivity contribution in [2.75, 3.05) is 5.32 Å². The van der Waals surface area contributed by atoms with Crippen molar-refractivity contribution in [3.8, 4) is 39.1 Å². The summed E-state index contributed by atoms with van der Waals surface area (Å²) < 4.78 is 5.36. The third-order valence-corrected chi connectivity index (χ3v) is 17.5. The van der Waals surface area contributed by atoms with Gasteiger partial charge in [-0.2, -0.15) is 0 Å². The maximum absolute atomic E-state index is 4.08. The van der Waals surface area contributed by atoms with E-state index in [4.69, 9.17) is 0 Å². The third-order valence-electron chi connectivity index (χ3n) is 16.3. The normalized spacial score (nSPS) is 14.5. The van der Waals surface area contributed by atoms with Gasteiger partial charge in [-0.25, -0.2) is 0 Å². The Labute approximate surface area is 420 Å². The number of hydrogen-bond donors (Lipinski definition) is 1. The summed E-state index contributed by atoms with van der Waals surface area (Å²) in [5.74, 6) is 0. The van der Waals surface area contributed by atoms with Crippen molar-refractivity contribution in [3.05, 3.63) is 174 Å². The maximum atomic E-state index is 4.08. The second kappa shape index (κ2) is 17.8. The highest BCUT2D eigenvalue weighted by atomic mass is 32.1. The monoisotopic (exact) mass is 928 g/mol. The summed E-state index contributed by atoms with van der Waals surface area (Å²) in [5.41, 5.74) is 22.7. The Hall–Kier alpha value is -6.36. The maximum Gasteiger partial charge on any atom is 0.198 e. The van der Waals surface area contributed by atoms with Crippen LogP contribution in [0.25, 0.3) is 81.0 Å². The van der Waals surface area contributed by atoms with E-state index in [1.165, 1.54) is 166 Å². The lowest BCUT2D eigenvalue weighted by Crippen LogP contribution is -2.37. The molecule has 2 aliphatic rings. The van der Waals surface area contributed by atoms with Gasteiger partial charge in [0.25, 0.3) is 0 Å². The van der Waals surface area contributed by atoms with Gasteiger partial charge in [0.05, 0.1) is 5.52 Å². The zero-order chi connectivity index (χ0) is 47.7. The summed E-state index contributed by atoms with van der Waals surface area (Å²) >= 11 is 1.92. The summed E-state index contributed by atoms with van der Waals surface area (Å²) in [5, 5.41) is 9.43. The van der Waals surface area contributed by atoms with Crippen LogP contribution < -0.4 is 16.2 Å². The van der Waals surface area contributed by atoms with Crippen molar-refractivity contribution in [3.63, 3.8) is 0 Å². The molecule has 1 aliphatic carbocycles. The van der Waals surface area contributed by atoms with E-state index in [1.54, 1.807) is 0 Å². The van der Waals surface area contributed by atoms with E-state index in [-0.39, 0.29) is 10.8 Å². The summed E-state index contributed by atoms with van der Waals surface area (Å²) in [6, 6.07) is 58.8. The van der Waals surface area contributed by atoms with Crippen LogP contribution in [-0.4, -0.2) is 11.8 Å². The van der Waals surface area contributed by atoms with Crippen LogP contribution in [0.15, 0.2) is 152 Å². The second-order valence-corrected chi connectivity index (χ2v) is 23.1. The van der Waals surface area contributed by atoms with Crippen molar-refractivity contribution in [1.29, 1.82) is 0 Å². The largest absolute Gasteiger partial charge is 0.355 e. The van der Waals surface area contributed by atoms with Gasteiger partial charge in [-0.1, -0.05) is 170 Å². The number of hydrogen-bond acceptors (Lipinski definition) is 2. The molecule has 2 aromatic heterocycles. The SMILES string of the molecule is CCCCCc1ccc(Nc2cc3c(cc2-c2cc(-c4ccccc4-c4ccccc4)c4c5cc6c(cc5n5c4c2Bc2cc(CCCCC)ccc2-5)C(C)(C)CCC6(C)C)sc2ccccc23)cc1. The highest BCUT2D eigenvalue weighted by Gasteiger charge is 2.39. The molecule has 0 atom stereocenters. The van der Waals surface area contributed by atoms with Gasteiger partial charge in [-0.3, -0.25) is 0 Å². The van der Waals surface area contributed by atoms with Crippen LogP contribution in [0.5, 0.6) is 0 Å². The molecule has 0 bridgehead atoms. The molecular formula is C66H65BN2S. The van der Waals surface area contributed by atoms with E-state index in [1.807, 2.05) is 11.3 Å². The fourth-order valence-corrected chi connectivity index (χ4v) is 13.4. The van der Waals surface area contributed by atoms with Crippen molar-refractivity contribution in [2.24, 2.45) is 0 Å². The number of nitrogens with zero attached hydrogens (tertiary/aromatic N) is 1. The predicted octanol–water partition coefficient (Wildman–Crippen LogP) is 17.4. The zero-order valence-corrected chi connectivity index (χ0v) is 42.9. The quantitative estimate of drug-likeness (QED) is 0.0900. The Balaban J connectivity index is 1.20. The molecular weight excluding hydrogens is 864 g/mol. The molecule has 3 heterocycles. The first-order valence-electron chi connectivity index (χ1n) is 26.4. The Morgan fingerprint density at radius 3 is 1.97 bits per heavy atom. The van der Waals surface area contributed by atoms with E-state index in [0.29, 0.717) is 0 Å². The Morgan fingerprint density at radius 2 is 1.21 bits per heavy atom. The van der Waals surface area contributed by atoms with Crippen LogP contribution in [0, 0.1) is 0 Å². The summed E-state index contributed by atoms with van der Waals surface area (Å²) in [6.07, 6.45) is 12.0. The number of aromatic nitrogens is 1. The van der Waals surface area contributed by atoms with Gasteiger partial charge in [-0.05, 0) is 159 Å². The first-order valence-corrected chi connectivity index (χ1v) is 27.2. The van der Waals surface area contributed by atoms with Crippen LogP contribution in [0.4, 0.5) is 11.4 Å². The molecule has 2 nitrogen and oxygen atoms in total. The molecule has 12 rings (SSSR count). The molecule has 4 heteroatoms. The van der Waals surface area contributed by atoms with Crippen LogP contribution in [0.3, 0.4) is 0 Å². The molecule has 0 saturated heterocycles. The minimum absolute atomic E-state index is 0.0672. The number of unbranched alkanes of at least 4 members (excludes halogenated alkanes) is 4. The summed E-state index contributed by atoms with van der Waals surface area (Å²) in [7, 11) is 0.868. The lowest BCUT2D eigenvalue weighted by Gasteiger charge is -2.42. The molecule has 0 fully saturated rings. The lowest BCUT2D eigenvalue weighted by molar-refractivity contribution is 0.332. The Morgan fingerprint density at radius 1 is 0.543 bits per heavy atom. The van der Waals surface area contributed by atoms with Crippen molar-refractivity contribution >= 4 is 82.9 Å². The standard InChI is InChI=1S/C66H65BN2S/c1-7-9-12-20-42-28-31-45(32-29-42)68-57-39-50-48-26-18-19-27-60(48)70-61(50)40-49(57)52-37-51(47-25-17-16-24-46(47)44-22-14-11-15-23-44)62-53-38-54-55(66(5,6)35-34-65(54,3)4)41-59(53)69-58-33-30-43(21-13-10-8-2)36-56(58)67-63(52)64(62)69/h11,14-19,22-33,36-41,67-68H,7-10,12-13,20-21,34-35H2,1-6H3. The molecule has 70 heavy (non-hydrogen) atoms. The minimum Gasteiger partial charge on any atom is -0.355 e. The minimum atomic E-state index is 0.0672. The van der Waals surface area contributed by atoms with Gasteiger partial charge in [-0.15, -0.1) is 11.3 Å². The van der Waals surface area contributed by atoms with Gasteiger partial charge < -0.3 is 9.88 Å². The number of benzene rings is 8. The fraction of sp³-hybridized carbons (Fsp3) is 0.273. The van der Waals surface area contributed by atoms with Crippen LogP contribution in [0.2, 0.25) is 0 Å². The van der Waals surface area contributed by atoms with Gasteiger partial charge >= 0.3 is 0 Å².